The number of rotatable bonds is 5. The van der Waals surface area contributed by atoms with Gasteiger partial charge >= 0.3 is 0 Å². The van der Waals surface area contributed by atoms with Gasteiger partial charge in [0.15, 0.2) is 0 Å². The van der Waals surface area contributed by atoms with E-state index in [1.54, 1.807) is 18.0 Å². The van der Waals surface area contributed by atoms with E-state index in [9.17, 15) is 0 Å². The van der Waals surface area contributed by atoms with Gasteiger partial charge in [-0.1, -0.05) is 11.3 Å². The summed E-state index contributed by atoms with van der Waals surface area (Å²) in [5, 5.41) is 8.06. The van der Waals surface area contributed by atoms with Crippen molar-refractivity contribution in [1.82, 2.24) is 20.0 Å². The van der Waals surface area contributed by atoms with Crippen LogP contribution in [0.25, 0.3) is 0 Å². The highest BCUT2D eigenvalue weighted by Crippen LogP contribution is 2.14. The fourth-order valence-electron chi connectivity index (χ4n) is 1.53. The number of ether oxygens (including phenoxy) is 1. The van der Waals surface area contributed by atoms with E-state index >= 15 is 0 Å². The summed E-state index contributed by atoms with van der Waals surface area (Å²) in [5.74, 6) is 1.16. The Labute approximate surface area is 104 Å². The molecule has 2 rings (SSSR count). The lowest BCUT2D eigenvalue weighted by atomic mass is 10.2. The fraction of sp³-hybridized carbons (Fsp3) is 0.364. The molecule has 0 unspecified atom stereocenters. The molecule has 0 aliphatic rings. The Morgan fingerprint density at radius 2 is 2.35 bits per heavy atom. The predicted molar refractivity (Wildman–Crippen MR) is 64.3 cm³/mol. The lowest BCUT2D eigenvalue weighted by molar-refractivity contribution is 0.390. The fourth-order valence-corrected chi connectivity index (χ4v) is 1.72. The molecule has 5 nitrogen and oxygen atoms in total. The van der Waals surface area contributed by atoms with Gasteiger partial charge in [-0.25, -0.2) is 9.67 Å². The van der Waals surface area contributed by atoms with Crippen LogP contribution in [0.3, 0.4) is 0 Å². The molecular weight excluding hydrogens is 240 g/mol. The van der Waals surface area contributed by atoms with Crippen LogP contribution in [0, 0.1) is 0 Å². The summed E-state index contributed by atoms with van der Waals surface area (Å²) in [6, 6.07) is 3.82. The maximum atomic E-state index is 5.65. The molecule has 0 aromatic carbocycles. The van der Waals surface area contributed by atoms with Crippen LogP contribution in [-0.4, -0.2) is 33.0 Å². The van der Waals surface area contributed by atoms with Crippen molar-refractivity contribution >= 4 is 11.6 Å². The lowest BCUT2D eigenvalue weighted by Crippen LogP contribution is -2.03. The first kappa shape index (κ1) is 11.9. The molecule has 0 fully saturated rings. The third-order valence-corrected chi connectivity index (χ3v) is 2.50. The zero-order valence-electron chi connectivity index (χ0n) is 9.51. The van der Waals surface area contributed by atoms with Crippen molar-refractivity contribution in [2.45, 2.75) is 13.0 Å². The van der Waals surface area contributed by atoms with E-state index in [1.165, 1.54) is 0 Å². The number of aryl methyl sites for hydroxylation is 1. The smallest absolute Gasteiger partial charge is 0.218 e. The maximum absolute atomic E-state index is 5.65. The molecule has 0 spiro atoms. The standard InChI is InChI=1S/C11H13ClN4O/c1-17-11-9(3-2-6-13-11)7-16-8-10(4-5-12)14-15-16/h2-3,6,8H,4-5,7H2,1H3. The second-order valence-electron chi connectivity index (χ2n) is 3.52. The first-order valence-electron chi connectivity index (χ1n) is 5.26. The Kier molecular flexibility index (Phi) is 3.93. The number of alkyl halides is 1. The van der Waals surface area contributed by atoms with Crippen LogP contribution in [0.4, 0.5) is 0 Å². The minimum Gasteiger partial charge on any atom is -0.481 e. The second-order valence-corrected chi connectivity index (χ2v) is 3.90. The zero-order valence-corrected chi connectivity index (χ0v) is 10.3. The van der Waals surface area contributed by atoms with E-state index in [-0.39, 0.29) is 0 Å². The quantitative estimate of drug-likeness (QED) is 0.757. The average molecular weight is 253 g/mol. The molecule has 0 N–H and O–H groups in total. The molecule has 90 valence electrons. The van der Waals surface area contributed by atoms with Crippen molar-refractivity contribution in [1.29, 1.82) is 0 Å². The Morgan fingerprint density at radius 3 is 3.12 bits per heavy atom. The average Bonchev–Trinajstić information content (AvgIpc) is 2.78. The SMILES string of the molecule is COc1ncccc1Cn1cc(CCCl)nn1. The molecular formula is C11H13ClN4O. The Hall–Kier alpha value is -1.62. The van der Waals surface area contributed by atoms with E-state index in [0.717, 1.165) is 17.7 Å². The minimum atomic E-state index is 0.551. The van der Waals surface area contributed by atoms with E-state index in [0.29, 0.717) is 18.3 Å². The number of hydrogen-bond acceptors (Lipinski definition) is 4. The normalized spacial score (nSPS) is 10.5. The van der Waals surface area contributed by atoms with Gasteiger partial charge in [0.05, 0.1) is 19.3 Å². The number of nitrogens with zero attached hydrogens (tertiary/aromatic N) is 4. The maximum Gasteiger partial charge on any atom is 0.218 e. The number of methoxy groups -OCH3 is 1. The van der Waals surface area contributed by atoms with Crippen LogP contribution < -0.4 is 4.74 Å². The zero-order chi connectivity index (χ0) is 12.1. The molecule has 2 aromatic heterocycles. The molecule has 2 heterocycles. The highest BCUT2D eigenvalue weighted by Gasteiger charge is 2.06. The van der Waals surface area contributed by atoms with Crippen molar-refractivity contribution in [3.05, 3.63) is 35.8 Å². The van der Waals surface area contributed by atoms with E-state index < -0.39 is 0 Å². The molecule has 2 aromatic rings. The molecule has 0 aliphatic heterocycles. The Bertz CT molecular complexity index is 486. The summed E-state index contributed by atoms with van der Waals surface area (Å²) in [7, 11) is 1.60. The second kappa shape index (κ2) is 5.63. The largest absolute Gasteiger partial charge is 0.481 e. The van der Waals surface area contributed by atoms with Gasteiger partial charge in [0.25, 0.3) is 0 Å². The monoisotopic (exact) mass is 252 g/mol. The van der Waals surface area contributed by atoms with Crippen LogP contribution >= 0.6 is 11.6 Å². The highest BCUT2D eigenvalue weighted by molar-refractivity contribution is 6.17. The summed E-state index contributed by atoms with van der Waals surface area (Å²) in [6.07, 6.45) is 4.31. The van der Waals surface area contributed by atoms with Crippen LogP contribution in [0.5, 0.6) is 5.88 Å². The molecule has 17 heavy (non-hydrogen) atoms. The molecule has 0 aliphatic carbocycles. The van der Waals surface area contributed by atoms with Gasteiger partial charge in [0, 0.05) is 30.3 Å². The third-order valence-electron chi connectivity index (χ3n) is 2.31. The van der Waals surface area contributed by atoms with Crippen molar-refractivity contribution in [3.63, 3.8) is 0 Å². The highest BCUT2D eigenvalue weighted by atomic mass is 35.5. The molecule has 6 heteroatoms. The lowest BCUT2D eigenvalue weighted by Gasteiger charge is -2.05. The number of pyridine rings is 1. The third kappa shape index (κ3) is 2.94. The minimum absolute atomic E-state index is 0.551. The molecule has 0 saturated heterocycles. The summed E-state index contributed by atoms with van der Waals surface area (Å²) >= 11 is 5.65. The van der Waals surface area contributed by atoms with Crippen molar-refractivity contribution in [3.8, 4) is 5.88 Å². The van der Waals surface area contributed by atoms with Crippen LogP contribution in [0.15, 0.2) is 24.5 Å². The topological polar surface area (TPSA) is 52.8 Å². The number of aromatic nitrogens is 4. The molecule has 0 saturated carbocycles. The predicted octanol–water partition coefficient (Wildman–Crippen LogP) is 1.51. The van der Waals surface area contributed by atoms with E-state index in [4.69, 9.17) is 16.3 Å². The molecule has 0 amide bonds. The first-order chi connectivity index (χ1) is 8.33. The van der Waals surface area contributed by atoms with Crippen LogP contribution in [0.2, 0.25) is 0 Å². The first-order valence-corrected chi connectivity index (χ1v) is 5.80. The summed E-state index contributed by atoms with van der Waals surface area (Å²) in [4.78, 5) is 4.13. The number of hydrogen-bond donors (Lipinski definition) is 0. The van der Waals surface area contributed by atoms with Gasteiger partial charge in [0.1, 0.15) is 0 Å². The van der Waals surface area contributed by atoms with E-state index in [1.807, 2.05) is 18.3 Å². The summed E-state index contributed by atoms with van der Waals surface area (Å²) in [5.41, 5.74) is 1.86. The Balaban J connectivity index is 2.13. The number of halogens is 1. The van der Waals surface area contributed by atoms with Crippen molar-refractivity contribution < 1.29 is 4.74 Å². The molecule has 0 bridgehead atoms. The van der Waals surface area contributed by atoms with Gasteiger partial charge in [-0.15, -0.1) is 16.7 Å². The van der Waals surface area contributed by atoms with Crippen molar-refractivity contribution in [2.75, 3.05) is 13.0 Å². The molecule has 0 radical (unpaired) electrons. The van der Waals surface area contributed by atoms with Gasteiger partial charge in [-0.05, 0) is 6.07 Å². The van der Waals surface area contributed by atoms with Gasteiger partial charge in [-0.3, -0.25) is 0 Å². The van der Waals surface area contributed by atoms with Gasteiger partial charge < -0.3 is 4.74 Å². The summed E-state index contributed by atoms with van der Waals surface area (Å²) in [6.45, 7) is 0.590. The van der Waals surface area contributed by atoms with Crippen LogP contribution in [0.1, 0.15) is 11.3 Å². The Morgan fingerprint density at radius 1 is 1.47 bits per heavy atom. The van der Waals surface area contributed by atoms with Gasteiger partial charge in [0.2, 0.25) is 5.88 Å². The van der Waals surface area contributed by atoms with Gasteiger partial charge in [-0.2, -0.15) is 0 Å². The van der Waals surface area contributed by atoms with Crippen molar-refractivity contribution in [2.24, 2.45) is 0 Å². The molecule has 0 atom stereocenters. The van der Waals surface area contributed by atoms with Crippen LogP contribution in [-0.2, 0) is 13.0 Å². The summed E-state index contributed by atoms with van der Waals surface area (Å²) < 4.78 is 6.93. The van der Waals surface area contributed by atoms with E-state index in [2.05, 4.69) is 15.3 Å².